The Hall–Kier alpha value is -2.83. The maximum Gasteiger partial charge on any atom is 0.231 e. The molecule has 1 atom stereocenters. The van der Waals surface area contributed by atoms with Gasteiger partial charge in [0, 0.05) is 18.8 Å². The summed E-state index contributed by atoms with van der Waals surface area (Å²) in [5, 5.41) is 15.4. The van der Waals surface area contributed by atoms with Gasteiger partial charge in [0.15, 0.2) is 5.96 Å². The molecule has 1 amide bonds. The van der Waals surface area contributed by atoms with Crippen molar-refractivity contribution in [3.63, 3.8) is 0 Å². The molecule has 23 heavy (non-hydrogen) atoms. The van der Waals surface area contributed by atoms with Crippen LogP contribution in [-0.4, -0.2) is 40.7 Å². The predicted molar refractivity (Wildman–Crippen MR) is 85.7 cm³/mol. The van der Waals surface area contributed by atoms with Gasteiger partial charge >= 0.3 is 0 Å². The summed E-state index contributed by atoms with van der Waals surface area (Å²) in [6.07, 6.45) is 3.88. The van der Waals surface area contributed by atoms with Gasteiger partial charge in [-0.2, -0.15) is 5.10 Å². The molecule has 7 heteroatoms. The number of amides is 1. The van der Waals surface area contributed by atoms with Crippen LogP contribution in [0.1, 0.15) is 18.9 Å². The summed E-state index contributed by atoms with van der Waals surface area (Å²) in [5.74, 6) is 0.790. The molecule has 1 aromatic heterocycles. The Morgan fingerprint density at radius 3 is 2.65 bits per heavy atom. The van der Waals surface area contributed by atoms with E-state index in [9.17, 15) is 4.79 Å². The van der Waals surface area contributed by atoms with Gasteiger partial charge in [0.1, 0.15) is 5.75 Å². The molecule has 0 aliphatic carbocycles. The Kier molecular flexibility index (Phi) is 3.55. The van der Waals surface area contributed by atoms with Crippen LogP contribution < -0.4 is 10.1 Å². The molecule has 0 radical (unpaired) electrons. The number of guanidine groups is 1. The van der Waals surface area contributed by atoms with Crippen LogP contribution in [0.4, 0.5) is 0 Å². The van der Waals surface area contributed by atoms with Crippen LogP contribution >= 0.6 is 0 Å². The first-order valence-corrected chi connectivity index (χ1v) is 7.26. The predicted octanol–water partition coefficient (Wildman–Crippen LogP) is 1.48. The van der Waals surface area contributed by atoms with Crippen LogP contribution in [0.3, 0.4) is 0 Å². The molecule has 2 aromatic rings. The third-order valence-corrected chi connectivity index (χ3v) is 4.17. The first kappa shape index (κ1) is 15.1. The summed E-state index contributed by atoms with van der Waals surface area (Å²) in [4.78, 5) is 13.4. The zero-order chi connectivity index (χ0) is 16.6. The molecule has 3 rings (SSSR count). The van der Waals surface area contributed by atoms with Gasteiger partial charge < -0.3 is 10.1 Å². The average Bonchev–Trinajstić information content (AvgIpc) is 3.03. The minimum absolute atomic E-state index is 0.0894. The summed E-state index contributed by atoms with van der Waals surface area (Å²) in [6, 6.07) is 7.55. The van der Waals surface area contributed by atoms with E-state index < -0.39 is 5.54 Å². The summed E-state index contributed by atoms with van der Waals surface area (Å²) < 4.78 is 6.89. The maximum absolute atomic E-state index is 12.0. The maximum atomic E-state index is 12.0. The molecule has 0 saturated carbocycles. The highest BCUT2D eigenvalue weighted by Crippen LogP contribution is 2.29. The van der Waals surface area contributed by atoms with Crippen molar-refractivity contribution in [1.29, 1.82) is 5.41 Å². The normalized spacial score (nSPS) is 21.3. The van der Waals surface area contributed by atoms with Crippen molar-refractivity contribution >= 4 is 11.9 Å². The number of rotatable bonds is 3. The topological polar surface area (TPSA) is 83.2 Å². The van der Waals surface area contributed by atoms with Crippen LogP contribution in [0, 0.1) is 5.41 Å². The van der Waals surface area contributed by atoms with Crippen LogP contribution in [0.25, 0.3) is 5.69 Å². The fourth-order valence-corrected chi connectivity index (χ4v) is 2.59. The number of carbonyl (C=O) groups excluding carboxylic acids is 1. The van der Waals surface area contributed by atoms with Crippen molar-refractivity contribution in [3.05, 3.63) is 42.2 Å². The molecule has 7 nitrogen and oxygen atoms in total. The Bertz CT molecular complexity index is 732. The Balaban J connectivity index is 1.89. The first-order chi connectivity index (χ1) is 10.9. The molecule has 2 heterocycles. The van der Waals surface area contributed by atoms with E-state index >= 15 is 0 Å². The second kappa shape index (κ2) is 5.42. The number of ether oxygens (including phenoxy) is 1. The Morgan fingerprint density at radius 1 is 1.35 bits per heavy atom. The Labute approximate surface area is 134 Å². The van der Waals surface area contributed by atoms with Gasteiger partial charge in [-0.05, 0) is 31.2 Å². The average molecular weight is 313 g/mol. The highest BCUT2D eigenvalue weighted by atomic mass is 16.5. The van der Waals surface area contributed by atoms with E-state index in [1.165, 1.54) is 4.90 Å². The number of hydrogen-bond donors (Lipinski definition) is 2. The number of benzene rings is 1. The Morgan fingerprint density at radius 2 is 2.04 bits per heavy atom. The van der Waals surface area contributed by atoms with Gasteiger partial charge in [0.2, 0.25) is 5.91 Å². The van der Waals surface area contributed by atoms with Crippen LogP contribution in [0.5, 0.6) is 5.75 Å². The zero-order valence-electron chi connectivity index (χ0n) is 13.3. The van der Waals surface area contributed by atoms with Crippen LogP contribution in [-0.2, 0) is 10.3 Å². The van der Waals surface area contributed by atoms with Gasteiger partial charge in [0.05, 0.1) is 31.0 Å². The SMILES string of the molecule is COc1ccc(-n2cc([C@]3(C)CC(=O)N(C)C(=N)N3)cn2)cc1. The molecule has 0 unspecified atom stereocenters. The van der Waals surface area contributed by atoms with E-state index in [2.05, 4.69) is 10.4 Å². The van der Waals surface area contributed by atoms with Gasteiger partial charge in [-0.3, -0.25) is 15.1 Å². The second-order valence-corrected chi connectivity index (χ2v) is 5.81. The lowest BCUT2D eigenvalue weighted by Gasteiger charge is -2.38. The molecule has 1 aliphatic heterocycles. The van der Waals surface area contributed by atoms with Gasteiger partial charge in [-0.15, -0.1) is 0 Å². The van der Waals surface area contributed by atoms with Crippen molar-refractivity contribution in [1.82, 2.24) is 20.0 Å². The van der Waals surface area contributed by atoms with E-state index in [4.69, 9.17) is 10.1 Å². The van der Waals surface area contributed by atoms with E-state index in [0.717, 1.165) is 17.0 Å². The molecular weight excluding hydrogens is 294 g/mol. The van der Waals surface area contributed by atoms with E-state index in [-0.39, 0.29) is 18.3 Å². The molecular formula is C16H19N5O2. The second-order valence-electron chi connectivity index (χ2n) is 5.81. The molecule has 2 N–H and O–H groups in total. The number of hydrogen-bond acceptors (Lipinski definition) is 4. The van der Waals surface area contributed by atoms with Crippen molar-refractivity contribution < 1.29 is 9.53 Å². The van der Waals surface area contributed by atoms with Gasteiger partial charge in [-0.1, -0.05) is 0 Å². The number of carbonyl (C=O) groups is 1. The lowest BCUT2D eigenvalue weighted by atomic mass is 9.89. The number of nitrogens with zero attached hydrogens (tertiary/aromatic N) is 3. The third kappa shape index (κ3) is 2.65. The summed E-state index contributed by atoms with van der Waals surface area (Å²) >= 11 is 0. The molecule has 1 aliphatic rings. The third-order valence-electron chi connectivity index (χ3n) is 4.17. The molecule has 1 fully saturated rings. The summed E-state index contributed by atoms with van der Waals surface area (Å²) in [6.45, 7) is 1.90. The van der Waals surface area contributed by atoms with E-state index in [1.54, 1.807) is 25.0 Å². The highest BCUT2D eigenvalue weighted by molar-refractivity contribution is 5.98. The smallest absolute Gasteiger partial charge is 0.231 e. The molecule has 1 aromatic carbocycles. The van der Waals surface area contributed by atoms with Crippen molar-refractivity contribution in [2.45, 2.75) is 18.9 Å². The van der Waals surface area contributed by atoms with E-state index in [0.29, 0.717) is 0 Å². The van der Waals surface area contributed by atoms with Crippen LogP contribution in [0.15, 0.2) is 36.7 Å². The minimum atomic E-state index is -0.634. The molecule has 0 spiro atoms. The fraction of sp³-hybridized carbons (Fsp3) is 0.312. The minimum Gasteiger partial charge on any atom is -0.497 e. The van der Waals surface area contributed by atoms with Gasteiger partial charge in [-0.25, -0.2) is 4.68 Å². The quantitative estimate of drug-likeness (QED) is 0.899. The number of methoxy groups -OCH3 is 1. The molecule has 0 bridgehead atoms. The molecule has 120 valence electrons. The van der Waals surface area contributed by atoms with Crippen molar-refractivity contribution in [3.8, 4) is 11.4 Å². The van der Waals surface area contributed by atoms with Crippen LogP contribution in [0.2, 0.25) is 0 Å². The summed E-state index contributed by atoms with van der Waals surface area (Å²) in [7, 11) is 3.22. The largest absolute Gasteiger partial charge is 0.497 e. The summed E-state index contributed by atoms with van der Waals surface area (Å²) in [5.41, 5.74) is 1.13. The zero-order valence-corrected chi connectivity index (χ0v) is 13.3. The number of aromatic nitrogens is 2. The first-order valence-electron chi connectivity index (χ1n) is 7.26. The number of nitrogens with one attached hydrogen (secondary N) is 2. The molecule has 1 saturated heterocycles. The highest BCUT2D eigenvalue weighted by Gasteiger charge is 2.38. The lowest BCUT2D eigenvalue weighted by molar-refractivity contribution is -0.129. The standard InChI is InChI=1S/C16H19N5O2/c1-16(8-14(22)20(2)15(17)19-16)11-9-18-21(10-11)12-4-6-13(23-3)7-5-12/h4-7,9-10H,8H2,1-3H3,(H2,17,19)/t16-/m0/s1. The monoisotopic (exact) mass is 313 g/mol. The van der Waals surface area contributed by atoms with Gasteiger partial charge in [0.25, 0.3) is 0 Å². The van der Waals surface area contributed by atoms with E-state index in [1.807, 2.05) is 37.4 Å². The van der Waals surface area contributed by atoms with Crippen molar-refractivity contribution in [2.75, 3.05) is 14.2 Å². The lowest BCUT2D eigenvalue weighted by Crippen LogP contribution is -2.58. The fourth-order valence-electron chi connectivity index (χ4n) is 2.59. The van der Waals surface area contributed by atoms with Crippen molar-refractivity contribution in [2.24, 2.45) is 0 Å².